The van der Waals surface area contributed by atoms with E-state index in [-0.39, 0.29) is 5.41 Å². The first kappa shape index (κ1) is 17.0. The van der Waals surface area contributed by atoms with Gasteiger partial charge >= 0.3 is 5.97 Å². The molecule has 2 atom stereocenters. The van der Waals surface area contributed by atoms with E-state index in [1.54, 1.807) is 6.92 Å². The molecule has 5 nitrogen and oxygen atoms in total. The first-order valence-electron chi connectivity index (χ1n) is 6.88. The molecule has 0 aliphatic rings. The number of primary amides is 1. The monoisotopic (exact) mass is 293 g/mol. The molecule has 2 unspecified atom stereocenters. The van der Waals surface area contributed by atoms with Crippen molar-refractivity contribution in [3.63, 3.8) is 0 Å². The Balaban J connectivity index is 2.64. The Morgan fingerprint density at radius 3 is 2.00 bits per heavy atom. The van der Waals surface area contributed by atoms with E-state index in [0.29, 0.717) is 5.75 Å². The second-order valence-electron chi connectivity index (χ2n) is 6.02. The molecule has 0 fully saturated rings. The Kier molecular flexibility index (Phi) is 5.35. The number of nitrogens with two attached hydrogens (primary N) is 1. The molecule has 0 heterocycles. The van der Waals surface area contributed by atoms with Crippen molar-refractivity contribution in [1.82, 2.24) is 0 Å². The van der Waals surface area contributed by atoms with Crippen molar-refractivity contribution in [1.29, 1.82) is 0 Å². The third-order valence-electron chi connectivity index (χ3n) is 3.06. The first-order chi connectivity index (χ1) is 9.61. The van der Waals surface area contributed by atoms with Crippen LogP contribution in [-0.2, 0) is 19.7 Å². The number of ether oxygens (including phenoxy) is 2. The van der Waals surface area contributed by atoms with Crippen LogP contribution in [0, 0.1) is 0 Å². The molecule has 1 aromatic carbocycles. The maximum Gasteiger partial charge on any atom is 0.347 e. The van der Waals surface area contributed by atoms with E-state index in [1.807, 2.05) is 24.3 Å². The van der Waals surface area contributed by atoms with Crippen molar-refractivity contribution >= 4 is 11.9 Å². The van der Waals surface area contributed by atoms with Crippen LogP contribution < -0.4 is 10.5 Å². The summed E-state index contributed by atoms with van der Waals surface area (Å²) in [6.45, 7) is 9.34. The number of carbonyl (C=O) groups excluding carboxylic acids is 2. The second-order valence-corrected chi connectivity index (χ2v) is 6.02. The van der Waals surface area contributed by atoms with Crippen molar-refractivity contribution in [2.24, 2.45) is 5.73 Å². The van der Waals surface area contributed by atoms with E-state index in [9.17, 15) is 9.59 Å². The predicted molar refractivity (Wildman–Crippen MR) is 80.0 cm³/mol. The Labute approximate surface area is 125 Å². The van der Waals surface area contributed by atoms with Crippen molar-refractivity contribution in [2.75, 3.05) is 0 Å². The maximum absolute atomic E-state index is 11.7. The number of carbonyl (C=O) groups is 2. The van der Waals surface area contributed by atoms with Gasteiger partial charge in [-0.25, -0.2) is 4.79 Å². The topological polar surface area (TPSA) is 78.6 Å². The van der Waals surface area contributed by atoms with Crippen molar-refractivity contribution < 1.29 is 19.1 Å². The minimum atomic E-state index is -0.966. The molecule has 1 rings (SSSR count). The third-order valence-corrected chi connectivity index (χ3v) is 3.06. The molecule has 0 bridgehead atoms. The van der Waals surface area contributed by atoms with Gasteiger partial charge in [0.25, 0.3) is 5.91 Å². The molecule has 0 aliphatic heterocycles. The number of hydrogen-bond acceptors (Lipinski definition) is 4. The number of amides is 1. The second kappa shape index (κ2) is 6.61. The van der Waals surface area contributed by atoms with Crippen LogP contribution in [0.1, 0.15) is 40.2 Å². The number of rotatable bonds is 5. The molecule has 116 valence electrons. The summed E-state index contributed by atoms with van der Waals surface area (Å²) in [6.07, 6.45) is -1.78. The summed E-state index contributed by atoms with van der Waals surface area (Å²) in [5.41, 5.74) is 6.27. The van der Waals surface area contributed by atoms with Gasteiger partial charge in [-0.3, -0.25) is 4.79 Å². The molecule has 0 saturated carbocycles. The normalized spacial score (nSPS) is 14.1. The first-order valence-corrected chi connectivity index (χ1v) is 6.88. The smallest absolute Gasteiger partial charge is 0.347 e. The summed E-state index contributed by atoms with van der Waals surface area (Å²) in [7, 11) is 0. The molecule has 0 spiro atoms. The lowest BCUT2D eigenvalue weighted by molar-refractivity contribution is -0.159. The molecular weight excluding hydrogens is 270 g/mol. The van der Waals surface area contributed by atoms with Gasteiger partial charge in [-0.15, -0.1) is 0 Å². The number of hydrogen-bond donors (Lipinski definition) is 1. The summed E-state index contributed by atoms with van der Waals surface area (Å²) in [6, 6.07) is 7.53. The zero-order chi connectivity index (χ0) is 16.2. The van der Waals surface area contributed by atoms with Crippen molar-refractivity contribution in [3.05, 3.63) is 29.8 Å². The highest BCUT2D eigenvalue weighted by molar-refractivity contribution is 5.83. The van der Waals surface area contributed by atoms with Crippen LogP contribution in [0.4, 0.5) is 0 Å². The Morgan fingerprint density at radius 2 is 1.57 bits per heavy atom. The lowest BCUT2D eigenvalue weighted by atomic mass is 9.87. The van der Waals surface area contributed by atoms with Crippen LogP contribution in [0.25, 0.3) is 0 Å². The fourth-order valence-electron chi connectivity index (χ4n) is 1.61. The highest BCUT2D eigenvalue weighted by atomic mass is 16.6. The van der Waals surface area contributed by atoms with Gasteiger partial charge < -0.3 is 15.2 Å². The van der Waals surface area contributed by atoms with Gasteiger partial charge in [0.15, 0.2) is 12.2 Å². The molecule has 0 saturated heterocycles. The summed E-state index contributed by atoms with van der Waals surface area (Å²) >= 11 is 0. The van der Waals surface area contributed by atoms with Crippen LogP contribution in [0.3, 0.4) is 0 Å². The molecule has 2 N–H and O–H groups in total. The lowest BCUT2D eigenvalue weighted by Crippen LogP contribution is -2.35. The molecule has 0 aromatic heterocycles. The lowest BCUT2D eigenvalue weighted by Gasteiger charge is -2.20. The summed E-state index contributed by atoms with van der Waals surface area (Å²) in [5.74, 6) is -0.745. The maximum atomic E-state index is 11.7. The minimum Gasteiger partial charge on any atom is -0.479 e. The van der Waals surface area contributed by atoms with Crippen LogP contribution >= 0.6 is 0 Å². The molecule has 21 heavy (non-hydrogen) atoms. The SMILES string of the molecule is CC(OC(=O)C(C)Oc1ccc(C(C)(C)C)cc1)C(N)=O. The van der Waals surface area contributed by atoms with E-state index >= 15 is 0 Å². The molecule has 5 heteroatoms. The van der Waals surface area contributed by atoms with E-state index in [2.05, 4.69) is 20.8 Å². The third kappa shape index (κ3) is 5.10. The van der Waals surface area contributed by atoms with E-state index in [4.69, 9.17) is 15.2 Å². The highest BCUT2D eigenvalue weighted by Gasteiger charge is 2.22. The largest absolute Gasteiger partial charge is 0.479 e. The highest BCUT2D eigenvalue weighted by Crippen LogP contribution is 2.24. The molecule has 1 amide bonds. The average molecular weight is 293 g/mol. The average Bonchev–Trinajstić information content (AvgIpc) is 2.37. The van der Waals surface area contributed by atoms with E-state index < -0.39 is 24.1 Å². The van der Waals surface area contributed by atoms with Crippen molar-refractivity contribution in [2.45, 2.75) is 52.2 Å². The molecular formula is C16H23NO4. The summed E-state index contributed by atoms with van der Waals surface area (Å²) in [4.78, 5) is 22.6. The van der Waals surface area contributed by atoms with E-state index in [1.165, 1.54) is 12.5 Å². The van der Waals surface area contributed by atoms with Crippen LogP contribution in [-0.4, -0.2) is 24.1 Å². The zero-order valence-electron chi connectivity index (χ0n) is 13.2. The Morgan fingerprint density at radius 1 is 1.05 bits per heavy atom. The quantitative estimate of drug-likeness (QED) is 0.844. The Bertz CT molecular complexity index is 502. The van der Waals surface area contributed by atoms with Crippen LogP contribution in [0.5, 0.6) is 5.75 Å². The van der Waals surface area contributed by atoms with Gasteiger partial charge in [-0.05, 0) is 37.0 Å². The van der Waals surface area contributed by atoms with Crippen LogP contribution in [0.15, 0.2) is 24.3 Å². The fraction of sp³-hybridized carbons (Fsp3) is 0.500. The van der Waals surface area contributed by atoms with Gasteiger partial charge in [-0.2, -0.15) is 0 Å². The van der Waals surface area contributed by atoms with Gasteiger partial charge in [0.1, 0.15) is 5.75 Å². The Hall–Kier alpha value is -2.04. The van der Waals surface area contributed by atoms with Crippen LogP contribution in [0.2, 0.25) is 0 Å². The minimum absolute atomic E-state index is 0.0556. The van der Waals surface area contributed by atoms with Gasteiger partial charge in [0.05, 0.1) is 0 Å². The summed E-state index contributed by atoms with van der Waals surface area (Å²) in [5, 5.41) is 0. The molecule has 0 aliphatic carbocycles. The predicted octanol–water partition coefficient (Wildman–Crippen LogP) is 2.17. The standard InChI is InChI=1S/C16H23NO4/c1-10(14(17)18)21-15(19)11(2)20-13-8-6-12(7-9-13)16(3,4)5/h6-11H,1-5H3,(H2,17,18). The number of esters is 1. The summed E-state index contributed by atoms with van der Waals surface area (Å²) < 4.78 is 10.4. The zero-order valence-corrected chi connectivity index (χ0v) is 13.2. The van der Waals surface area contributed by atoms with Gasteiger partial charge in [-0.1, -0.05) is 32.9 Å². The fourth-order valence-corrected chi connectivity index (χ4v) is 1.61. The molecule has 0 radical (unpaired) electrons. The van der Waals surface area contributed by atoms with Gasteiger partial charge in [0.2, 0.25) is 0 Å². The van der Waals surface area contributed by atoms with E-state index in [0.717, 1.165) is 0 Å². The molecule has 1 aromatic rings. The number of benzene rings is 1. The van der Waals surface area contributed by atoms with Crippen molar-refractivity contribution in [3.8, 4) is 5.75 Å². The van der Waals surface area contributed by atoms with Gasteiger partial charge in [0, 0.05) is 0 Å².